The number of aliphatic hydroxyl groups excluding tert-OH is 1. The van der Waals surface area contributed by atoms with Crippen LogP contribution in [0.25, 0.3) is 0 Å². The van der Waals surface area contributed by atoms with Crippen LogP contribution in [-0.2, 0) is 23.9 Å². The van der Waals surface area contributed by atoms with Crippen molar-refractivity contribution in [3.8, 4) is 0 Å². The largest absolute Gasteiger partial charge is 0.428 e. The fourth-order valence-electron chi connectivity index (χ4n) is 6.50. The van der Waals surface area contributed by atoms with Crippen LogP contribution >= 0.6 is 11.6 Å². The normalized spacial score (nSPS) is 38.9. The van der Waals surface area contributed by atoms with Crippen LogP contribution in [0.5, 0.6) is 0 Å². The van der Waals surface area contributed by atoms with E-state index in [1.165, 1.54) is 0 Å². The van der Waals surface area contributed by atoms with Crippen molar-refractivity contribution in [2.24, 2.45) is 53.3 Å². The zero-order valence-electron chi connectivity index (χ0n) is 19.1. The fraction of sp³-hybridized carbons (Fsp3) is 0.654. The third-order valence-electron chi connectivity index (χ3n) is 8.14. The van der Waals surface area contributed by atoms with E-state index in [9.17, 15) is 14.4 Å². The van der Waals surface area contributed by atoms with Crippen molar-refractivity contribution in [3.63, 3.8) is 0 Å². The van der Waals surface area contributed by atoms with Gasteiger partial charge in [-0.2, -0.15) is 0 Å². The second-order valence-corrected chi connectivity index (χ2v) is 10.5. The van der Waals surface area contributed by atoms with Gasteiger partial charge in [0.15, 0.2) is 0 Å². The number of hydrogen-bond donors (Lipinski definition) is 2. The highest BCUT2D eigenvalue weighted by molar-refractivity contribution is 6.64. The third kappa shape index (κ3) is 5.64. The lowest BCUT2D eigenvalue weighted by molar-refractivity contribution is -0.173. The second kappa shape index (κ2) is 11.2. The molecule has 186 valence electrons. The van der Waals surface area contributed by atoms with Crippen molar-refractivity contribution in [3.05, 3.63) is 36.5 Å². The van der Waals surface area contributed by atoms with Gasteiger partial charge in [0.2, 0.25) is 12.0 Å². The summed E-state index contributed by atoms with van der Waals surface area (Å²) in [4.78, 5) is 34.8. The topological polar surface area (TPSA) is 110 Å². The molecule has 6 aliphatic carbocycles. The molecule has 3 fully saturated rings. The van der Waals surface area contributed by atoms with Gasteiger partial charge in [0.25, 0.3) is 0 Å². The molecule has 2 N–H and O–H groups in total. The van der Waals surface area contributed by atoms with Gasteiger partial charge in [-0.3, -0.25) is 14.4 Å². The summed E-state index contributed by atoms with van der Waals surface area (Å²) >= 11 is 5.41. The number of allylic oxidation sites excluding steroid dienone is 6. The van der Waals surface area contributed by atoms with Crippen LogP contribution in [0.1, 0.15) is 38.5 Å². The van der Waals surface area contributed by atoms with E-state index in [0.29, 0.717) is 35.5 Å². The molecule has 34 heavy (non-hydrogen) atoms. The number of halogens is 1. The summed E-state index contributed by atoms with van der Waals surface area (Å²) in [5, 5.41) is 14.1. The monoisotopic (exact) mass is 492 g/mol. The smallest absolute Gasteiger partial charge is 0.312 e. The number of carbonyl (C=O) groups is 3. The molecular weight excluding hydrogens is 460 g/mol. The summed E-state index contributed by atoms with van der Waals surface area (Å²) in [6, 6.07) is 0. The fourth-order valence-corrected chi connectivity index (χ4v) is 6.76. The zero-order chi connectivity index (χ0) is 24.2. The lowest BCUT2D eigenvalue weighted by Crippen LogP contribution is -2.26. The van der Waals surface area contributed by atoms with Crippen molar-refractivity contribution < 1.29 is 34.1 Å². The SMILES string of the molecule is O=C(Cl)C1CC2C=CC1C2.O=C(OCOC(=O)C1CC2C=CC1C2)C1CC2C=CC1C2.OCO. The Morgan fingerprint density at radius 3 is 1.24 bits per heavy atom. The number of aliphatic hydroxyl groups is 2. The average molecular weight is 493 g/mol. The van der Waals surface area contributed by atoms with Crippen molar-refractivity contribution in [2.75, 3.05) is 13.6 Å². The Labute approximate surface area is 204 Å². The van der Waals surface area contributed by atoms with Crippen LogP contribution in [0.15, 0.2) is 36.5 Å². The molecule has 8 heteroatoms. The average Bonchev–Trinajstić information content (AvgIpc) is 3.67. The van der Waals surface area contributed by atoms with Gasteiger partial charge in [-0.1, -0.05) is 36.5 Å². The Morgan fingerprint density at radius 2 is 1.00 bits per heavy atom. The van der Waals surface area contributed by atoms with E-state index in [4.69, 9.17) is 31.3 Å². The predicted octanol–water partition coefficient (Wildman–Crippen LogP) is 3.35. The lowest BCUT2D eigenvalue weighted by Gasteiger charge is -2.18. The highest BCUT2D eigenvalue weighted by Gasteiger charge is 2.42. The molecule has 6 aliphatic rings. The van der Waals surface area contributed by atoms with Gasteiger partial charge < -0.3 is 19.7 Å². The van der Waals surface area contributed by atoms with E-state index >= 15 is 0 Å². The first-order chi connectivity index (χ1) is 16.4. The van der Waals surface area contributed by atoms with Crippen LogP contribution < -0.4 is 0 Å². The molecule has 9 unspecified atom stereocenters. The number of carbonyl (C=O) groups excluding carboxylic acids is 3. The van der Waals surface area contributed by atoms with Gasteiger partial charge in [0.1, 0.15) is 6.79 Å². The van der Waals surface area contributed by atoms with E-state index in [2.05, 4.69) is 36.5 Å². The molecule has 3 saturated carbocycles. The number of fused-ring (bicyclic) bond motifs is 6. The number of rotatable bonds is 5. The molecule has 0 amide bonds. The molecule has 0 heterocycles. The maximum absolute atomic E-state index is 12.0. The molecule has 0 radical (unpaired) electrons. The molecule has 0 aliphatic heterocycles. The quantitative estimate of drug-likeness (QED) is 0.262. The summed E-state index contributed by atoms with van der Waals surface area (Å²) in [7, 11) is 0. The minimum atomic E-state index is -0.750. The summed E-state index contributed by atoms with van der Waals surface area (Å²) < 4.78 is 10.3. The first-order valence-corrected chi connectivity index (χ1v) is 12.6. The molecule has 0 spiro atoms. The predicted molar refractivity (Wildman–Crippen MR) is 124 cm³/mol. The van der Waals surface area contributed by atoms with Crippen molar-refractivity contribution in [1.29, 1.82) is 0 Å². The first-order valence-electron chi connectivity index (χ1n) is 12.2. The Bertz CT molecular complexity index is 819. The number of ether oxygens (including phenoxy) is 2. The van der Waals surface area contributed by atoms with Crippen molar-refractivity contribution in [2.45, 2.75) is 38.5 Å². The van der Waals surface area contributed by atoms with Crippen LogP contribution in [0.4, 0.5) is 0 Å². The van der Waals surface area contributed by atoms with Gasteiger partial charge in [0.05, 0.1) is 11.8 Å². The highest BCUT2D eigenvalue weighted by atomic mass is 35.5. The van der Waals surface area contributed by atoms with Gasteiger partial charge in [-0.15, -0.1) is 0 Å². The Balaban J connectivity index is 0.000000175. The zero-order valence-corrected chi connectivity index (χ0v) is 19.9. The summed E-state index contributed by atoms with van der Waals surface area (Å²) in [5.74, 6) is 2.48. The Kier molecular flexibility index (Phi) is 8.27. The van der Waals surface area contributed by atoms with E-state index in [1.807, 2.05) is 0 Å². The molecule has 9 atom stereocenters. The van der Waals surface area contributed by atoms with Crippen LogP contribution in [0, 0.1) is 53.3 Å². The maximum atomic E-state index is 12.0. The van der Waals surface area contributed by atoms with Crippen molar-refractivity contribution in [1.82, 2.24) is 0 Å². The molecule has 0 saturated heterocycles. The lowest BCUT2D eigenvalue weighted by atomic mass is 9.94. The van der Waals surface area contributed by atoms with Gasteiger partial charge in [-0.05, 0) is 85.6 Å². The first kappa shape index (κ1) is 25.1. The standard InChI is InChI=1S/C17H20O4.C8H9ClO.CH4O2/c18-16(14-7-10-1-3-12(14)5-10)20-9-21-17(19)15-8-11-2-4-13(15)6-11;9-8(10)7-4-5-1-2-6(7)3-5;2-1-3/h1-4,10-15H,5-9H2;1-2,5-7H,3-4H2;2-3H,1H2. The van der Waals surface area contributed by atoms with Gasteiger partial charge in [-0.25, -0.2) is 0 Å². The van der Waals surface area contributed by atoms with Crippen LogP contribution in [0.2, 0.25) is 0 Å². The molecule has 0 aromatic carbocycles. The minimum absolute atomic E-state index is 0.0378. The highest BCUT2D eigenvalue weighted by Crippen LogP contribution is 2.45. The maximum Gasteiger partial charge on any atom is 0.312 e. The van der Waals surface area contributed by atoms with E-state index < -0.39 is 6.79 Å². The molecule has 6 rings (SSSR count). The third-order valence-corrected chi connectivity index (χ3v) is 8.42. The van der Waals surface area contributed by atoms with Gasteiger partial charge >= 0.3 is 11.9 Å². The van der Waals surface area contributed by atoms with Gasteiger partial charge in [0, 0.05) is 5.92 Å². The second-order valence-electron chi connectivity index (χ2n) is 10.2. The molecular formula is C26H33ClO7. The summed E-state index contributed by atoms with van der Waals surface area (Å²) in [5.41, 5.74) is 0. The molecule has 0 aromatic heterocycles. The molecule has 7 nitrogen and oxygen atoms in total. The molecule has 0 aromatic rings. The van der Waals surface area contributed by atoms with Crippen molar-refractivity contribution >= 4 is 28.8 Å². The summed E-state index contributed by atoms with van der Waals surface area (Å²) in [6.07, 6.45) is 19.0. The van der Waals surface area contributed by atoms with Crippen LogP contribution in [-0.4, -0.2) is 41.0 Å². The Hall–Kier alpha value is -1.96. The van der Waals surface area contributed by atoms with E-state index in [-0.39, 0.29) is 41.7 Å². The number of esters is 2. The Morgan fingerprint density at radius 1 is 0.647 bits per heavy atom. The molecule has 6 bridgehead atoms. The van der Waals surface area contributed by atoms with E-state index in [0.717, 1.165) is 38.5 Å². The van der Waals surface area contributed by atoms with E-state index in [1.54, 1.807) is 0 Å². The van der Waals surface area contributed by atoms with Crippen LogP contribution in [0.3, 0.4) is 0 Å². The number of hydrogen-bond acceptors (Lipinski definition) is 7. The minimum Gasteiger partial charge on any atom is -0.428 e. The summed E-state index contributed by atoms with van der Waals surface area (Å²) in [6.45, 7) is -0.979.